The topological polar surface area (TPSA) is 42.7 Å². The highest BCUT2D eigenvalue weighted by atomic mass is 35.5. The third kappa shape index (κ3) is 2.94. The summed E-state index contributed by atoms with van der Waals surface area (Å²) in [6.07, 6.45) is 5.47. The molecule has 0 spiro atoms. The van der Waals surface area contributed by atoms with E-state index in [1.54, 1.807) is 23.7 Å². The van der Waals surface area contributed by atoms with Crippen molar-refractivity contribution in [2.24, 2.45) is 0 Å². The lowest BCUT2D eigenvalue weighted by Crippen LogP contribution is -2.10. The van der Waals surface area contributed by atoms with Gasteiger partial charge in [0, 0.05) is 24.6 Å². The van der Waals surface area contributed by atoms with E-state index in [1.165, 1.54) is 5.56 Å². The minimum atomic E-state index is 0.153. The van der Waals surface area contributed by atoms with Crippen LogP contribution >= 0.6 is 22.9 Å². The number of aromatic nitrogens is 3. The van der Waals surface area contributed by atoms with Gasteiger partial charge in [-0.05, 0) is 43.0 Å². The maximum Gasteiger partial charge on any atom is 0.161 e. The van der Waals surface area contributed by atoms with Crippen LogP contribution in [0.3, 0.4) is 0 Å². The molecule has 0 aliphatic heterocycles. The summed E-state index contributed by atoms with van der Waals surface area (Å²) in [6, 6.07) is 6.08. The van der Waals surface area contributed by atoms with Gasteiger partial charge >= 0.3 is 0 Å². The third-order valence-corrected chi connectivity index (χ3v) is 4.41. The monoisotopic (exact) mass is 318 g/mol. The number of aryl methyl sites for hydroxylation is 1. The molecule has 0 aliphatic rings. The molecule has 1 N–H and O–H groups in total. The molecule has 21 heavy (non-hydrogen) atoms. The van der Waals surface area contributed by atoms with Crippen molar-refractivity contribution in [2.45, 2.75) is 19.9 Å². The molecule has 1 unspecified atom stereocenters. The smallest absolute Gasteiger partial charge is 0.161 e. The maximum absolute atomic E-state index is 6.01. The summed E-state index contributed by atoms with van der Waals surface area (Å²) in [5.41, 5.74) is 2.13. The highest BCUT2D eigenvalue weighted by molar-refractivity contribution is 7.14. The molecule has 0 saturated heterocycles. The van der Waals surface area contributed by atoms with Crippen molar-refractivity contribution in [1.29, 1.82) is 0 Å². The van der Waals surface area contributed by atoms with Crippen LogP contribution in [-0.2, 0) is 0 Å². The summed E-state index contributed by atoms with van der Waals surface area (Å²) in [6.45, 7) is 4.07. The highest BCUT2D eigenvalue weighted by Gasteiger charge is 2.12. The highest BCUT2D eigenvalue weighted by Crippen LogP contribution is 2.28. The van der Waals surface area contributed by atoms with Crippen LogP contribution in [0.1, 0.15) is 24.4 Å². The lowest BCUT2D eigenvalue weighted by molar-refractivity contribution is 0.870. The van der Waals surface area contributed by atoms with Crippen molar-refractivity contribution in [3.05, 3.63) is 57.9 Å². The van der Waals surface area contributed by atoms with E-state index in [2.05, 4.69) is 27.6 Å². The Kier molecular flexibility index (Phi) is 3.94. The lowest BCUT2D eigenvalue weighted by Gasteiger charge is -2.17. The van der Waals surface area contributed by atoms with Gasteiger partial charge in [0.1, 0.15) is 5.82 Å². The molecule has 0 bridgehead atoms. The number of hydrogen-bond donors (Lipinski definition) is 1. The van der Waals surface area contributed by atoms with E-state index in [9.17, 15) is 0 Å². The average Bonchev–Trinajstić information content (AvgIpc) is 3.08. The zero-order valence-electron chi connectivity index (χ0n) is 11.7. The summed E-state index contributed by atoms with van der Waals surface area (Å²) < 4.78 is 2.77. The fraction of sp³-hybridized carbons (Fsp3) is 0.200. The standard InChI is InChI=1S/C15H15ClN4S/c1-10(12-8-14(16)21-9-12)19-13-4-3-5-18-15(13)20-7-6-17-11(20)2/h3-10,19H,1-2H3. The molecule has 3 heterocycles. The Hall–Kier alpha value is -1.85. The van der Waals surface area contributed by atoms with Gasteiger partial charge in [-0.3, -0.25) is 4.57 Å². The van der Waals surface area contributed by atoms with Crippen LogP contribution in [0.4, 0.5) is 5.69 Å². The summed E-state index contributed by atoms with van der Waals surface area (Å²) >= 11 is 7.55. The molecular weight excluding hydrogens is 304 g/mol. The minimum Gasteiger partial charge on any atom is -0.375 e. The quantitative estimate of drug-likeness (QED) is 0.772. The average molecular weight is 319 g/mol. The maximum atomic E-state index is 6.01. The van der Waals surface area contributed by atoms with E-state index < -0.39 is 0 Å². The number of rotatable bonds is 4. The molecule has 0 fully saturated rings. The summed E-state index contributed by atoms with van der Waals surface area (Å²) in [5, 5.41) is 5.56. The van der Waals surface area contributed by atoms with E-state index in [-0.39, 0.29) is 6.04 Å². The molecule has 1 atom stereocenters. The van der Waals surface area contributed by atoms with E-state index >= 15 is 0 Å². The number of pyridine rings is 1. The Labute approximate surface area is 132 Å². The number of nitrogens with one attached hydrogen (secondary N) is 1. The Morgan fingerprint density at radius 3 is 2.86 bits per heavy atom. The van der Waals surface area contributed by atoms with E-state index in [0.29, 0.717) is 0 Å². The molecule has 4 nitrogen and oxygen atoms in total. The molecule has 3 aromatic rings. The number of halogens is 1. The molecule has 0 amide bonds. The molecule has 0 aromatic carbocycles. The summed E-state index contributed by atoms with van der Waals surface area (Å²) in [5.74, 6) is 1.75. The van der Waals surface area contributed by atoms with Crippen molar-refractivity contribution < 1.29 is 0 Å². The Morgan fingerprint density at radius 2 is 2.19 bits per heavy atom. The molecule has 0 saturated carbocycles. The van der Waals surface area contributed by atoms with Gasteiger partial charge in [-0.15, -0.1) is 11.3 Å². The van der Waals surface area contributed by atoms with Crippen LogP contribution < -0.4 is 5.32 Å². The third-order valence-electron chi connectivity index (χ3n) is 3.30. The van der Waals surface area contributed by atoms with Gasteiger partial charge in [0.05, 0.1) is 10.0 Å². The van der Waals surface area contributed by atoms with Gasteiger partial charge in [0.25, 0.3) is 0 Å². The van der Waals surface area contributed by atoms with Crippen LogP contribution in [0, 0.1) is 6.92 Å². The van der Waals surface area contributed by atoms with Gasteiger partial charge in [-0.25, -0.2) is 9.97 Å². The molecule has 108 valence electrons. The second kappa shape index (κ2) is 5.87. The number of anilines is 1. The van der Waals surface area contributed by atoms with Crippen molar-refractivity contribution >= 4 is 28.6 Å². The first-order chi connectivity index (χ1) is 10.1. The van der Waals surface area contributed by atoms with E-state index in [1.807, 2.05) is 35.9 Å². The van der Waals surface area contributed by atoms with Gasteiger partial charge in [-0.1, -0.05) is 11.6 Å². The predicted molar refractivity (Wildman–Crippen MR) is 87.5 cm³/mol. The number of nitrogens with zero attached hydrogens (tertiary/aromatic N) is 3. The largest absolute Gasteiger partial charge is 0.375 e. The van der Waals surface area contributed by atoms with E-state index in [4.69, 9.17) is 11.6 Å². The number of imidazole rings is 1. The van der Waals surface area contributed by atoms with Gasteiger partial charge in [-0.2, -0.15) is 0 Å². The van der Waals surface area contributed by atoms with Crippen LogP contribution in [0.2, 0.25) is 4.34 Å². The SMILES string of the molecule is Cc1nccn1-c1ncccc1NC(C)c1csc(Cl)c1. The second-order valence-corrected chi connectivity index (χ2v) is 6.31. The summed E-state index contributed by atoms with van der Waals surface area (Å²) in [7, 11) is 0. The fourth-order valence-corrected chi connectivity index (χ4v) is 3.16. The van der Waals surface area contributed by atoms with Crippen molar-refractivity contribution in [3.8, 4) is 5.82 Å². The fourth-order valence-electron chi connectivity index (χ4n) is 2.17. The number of hydrogen-bond acceptors (Lipinski definition) is 4. The van der Waals surface area contributed by atoms with Crippen molar-refractivity contribution in [3.63, 3.8) is 0 Å². The Balaban J connectivity index is 1.91. The molecule has 3 aromatic heterocycles. The van der Waals surface area contributed by atoms with Gasteiger partial charge < -0.3 is 5.32 Å². The molecular formula is C15H15ClN4S. The Morgan fingerprint density at radius 1 is 1.33 bits per heavy atom. The zero-order valence-corrected chi connectivity index (χ0v) is 13.3. The molecule has 0 radical (unpaired) electrons. The first-order valence-electron chi connectivity index (χ1n) is 6.61. The first-order valence-corrected chi connectivity index (χ1v) is 7.86. The van der Waals surface area contributed by atoms with Crippen LogP contribution in [0.5, 0.6) is 0 Å². The van der Waals surface area contributed by atoms with Crippen molar-refractivity contribution in [1.82, 2.24) is 14.5 Å². The van der Waals surface area contributed by atoms with Crippen molar-refractivity contribution in [2.75, 3.05) is 5.32 Å². The van der Waals surface area contributed by atoms with Crippen LogP contribution in [-0.4, -0.2) is 14.5 Å². The van der Waals surface area contributed by atoms with Gasteiger partial charge in [0.15, 0.2) is 5.82 Å². The molecule has 3 rings (SSSR count). The zero-order chi connectivity index (χ0) is 14.8. The predicted octanol–water partition coefficient (Wildman–Crippen LogP) is 4.46. The summed E-state index contributed by atoms with van der Waals surface area (Å²) in [4.78, 5) is 8.73. The normalized spacial score (nSPS) is 12.3. The number of thiophene rings is 1. The lowest BCUT2D eigenvalue weighted by atomic mass is 10.2. The molecule has 6 heteroatoms. The van der Waals surface area contributed by atoms with Gasteiger partial charge in [0.2, 0.25) is 0 Å². The van der Waals surface area contributed by atoms with Crippen LogP contribution in [0.25, 0.3) is 5.82 Å². The van der Waals surface area contributed by atoms with E-state index in [0.717, 1.165) is 21.7 Å². The Bertz CT molecular complexity index is 749. The van der Waals surface area contributed by atoms with Crippen LogP contribution in [0.15, 0.2) is 42.2 Å². The first kappa shape index (κ1) is 14.1. The molecule has 0 aliphatic carbocycles. The second-order valence-electron chi connectivity index (χ2n) is 4.77. The minimum absolute atomic E-state index is 0.153.